The summed E-state index contributed by atoms with van der Waals surface area (Å²) in [6, 6.07) is 3.79. The van der Waals surface area contributed by atoms with Crippen LogP contribution in [0, 0.1) is 12.3 Å². The molecule has 1 aromatic rings. The number of carboxylic acid groups (broad SMARTS) is 1. The molecule has 0 bridgehead atoms. The molecule has 0 aromatic carbocycles. The Balaban J connectivity index is 2.07. The first-order chi connectivity index (χ1) is 8.93. The molecule has 2 rings (SSSR count). The molecule has 1 atom stereocenters. The van der Waals surface area contributed by atoms with E-state index in [9.17, 15) is 9.90 Å². The second-order valence-electron chi connectivity index (χ2n) is 5.47. The van der Waals surface area contributed by atoms with Gasteiger partial charge in [-0.25, -0.2) is 0 Å². The van der Waals surface area contributed by atoms with E-state index in [4.69, 9.17) is 4.74 Å². The van der Waals surface area contributed by atoms with Crippen molar-refractivity contribution in [3.05, 3.63) is 23.5 Å². The van der Waals surface area contributed by atoms with Crippen LogP contribution in [0.25, 0.3) is 0 Å². The van der Waals surface area contributed by atoms with Gasteiger partial charge in [0, 0.05) is 30.9 Å². The van der Waals surface area contributed by atoms with Crippen molar-refractivity contribution in [3.8, 4) is 5.75 Å². The summed E-state index contributed by atoms with van der Waals surface area (Å²) in [5.74, 6) is 0.0764. The first kappa shape index (κ1) is 13.8. The lowest BCUT2D eigenvalue weighted by atomic mass is 9.90. The van der Waals surface area contributed by atoms with E-state index in [1.165, 1.54) is 0 Å². The summed E-state index contributed by atoms with van der Waals surface area (Å²) in [6.07, 6.45) is 0.686. The van der Waals surface area contributed by atoms with Crippen LogP contribution in [-0.2, 0) is 11.3 Å². The second kappa shape index (κ2) is 5.17. The zero-order chi connectivity index (χ0) is 14.0. The van der Waals surface area contributed by atoms with Crippen LogP contribution in [-0.4, -0.2) is 41.2 Å². The van der Waals surface area contributed by atoms with Gasteiger partial charge in [0.15, 0.2) is 0 Å². The van der Waals surface area contributed by atoms with Crippen molar-refractivity contribution in [2.45, 2.75) is 26.8 Å². The van der Waals surface area contributed by atoms with Crippen LogP contribution in [0.2, 0.25) is 0 Å². The third-order valence-electron chi connectivity index (χ3n) is 3.67. The van der Waals surface area contributed by atoms with Gasteiger partial charge in [0.25, 0.3) is 0 Å². The highest BCUT2D eigenvalue weighted by molar-refractivity contribution is 5.74. The molecule has 0 saturated carbocycles. The predicted molar refractivity (Wildman–Crippen MR) is 71.2 cm³/mol. The Hall–Kier alpha value is -1.62. The summed E-state index contributed by atoms with van der Waals surface area (Å²) in [6.45, 7) is 5.76. The minimum absolute atomic E-state index is 0.570. The van der Waals surface area contributed by atoms with Gasteiger partial charge in [0.05, 0.1) is 18.2 Å². The summed E-state index contributed by atoms with van der Waals surface area (Å²) < 4.78 is 5.23. The number of likely N-dealkylation sites (tertiary alicyclic amines) is 1. The number of aryl methyl sites for hydroxylation is 1. The van der Waals surface area contributed by atoms with Gasteiger partial charge in [-0.2, -0.15) is 0 Å². The average Bonchev–Trinajstić information content (AvgIpc) is 2.71. The van der Waals surface area contributed by atoms with E-state index >= 15 is 0 Å². The topological polar surface area (TPSA) is 62.7 Å². The Labute approximate surface area is 113 Å². The number of nitrogens with zero attached hydrogens (tertiary/aromatic N) is 2. The number of hydrogen-bond donors (Lipinski definition) is 1. The van der Waals surface area contributed by atoms with Crippen LogP contribution >= 0.6 is 0 Å². The van der Waals surface area contributed by atoms with Gasteiger partial charge in [-0.05, 0) is 26.8 Å². The highest BCUT2D eigenvalue weighted by atomic mass is 16.5. The maximum absolute atomic E-state index is 11.2. The lowest BCUT2D eigenvalue weighted by Crippen LogP contribution is -2.31. The molecule has 5 heteroatoms. The van der Waals surface area contributed by atoms with Crippen LogP contribution in [0.15, 0.2) is 12.1 Å². The monoisotopic (exact) mass is 264 g/mol. The Bertz CT molecular complexity index is 490. The van der Waals surface area contributed by atoms with Gasteiger partial charge in [-0.3, -0.25) is 14.7 Å². The number of aromatic nitrogens is 1. The number of ether oxygens (including phenoxy) is 1. The molecular weight excluding hydrogens is 244 g/mol. The molecule has 0 aliphatic carbocycles. The molecule has 1 unspecified atom stereocenters. The number of pyridine rings is 1. The normalized spacial score (nSPS) is 23.5. The molecule has 19 heavy (non-hydrogen) atoms. The second-order valence-corrected chi connectivity index (χ2v) is 5.47. The zero-order valence-corrected chi connectivity index (χ0v) is 11.6. The first-order valence-electron chi connectivity index (χ1n) is 6.40. The highest BCUT2D eigenvalue weighted by Gasteiger charge is 2.40. The third kappa shape index (κ3) is 3.04. The Morgan fingerprint density at radius 3 is 2.89 bits per heavy atom. The molecule has 1 aliphatic heterocycles. The molecule has 1 N–H and O–H groups in total. The number of methoxy groups -OCH3 is 1. The molecule has 5 nitrogen and oxygen atoms in total. The summed E-state index contributed by atoms with van der Waals surface area (Å²) in [5, 5.41) is 9.22. The van der Waals surface area contributed by atoms with Crippen molar-refractivity contribution >= 4 is 5.97 Å². The molecule has 1 fully saturated rings. The van der Waals surface area contributed by atoms with Gasteiger partial charge in [0.1, 0.15) is 5.75 Å². The van der Waals surface area contributed by atoms with Crippen LogP contribution < -0.4 is 4.74 Å². The van der Waals surface area contributed by atoms with Crippen LogP contribution in [0.3, 0.4) is 0 Å². The molecule has 104 valence electrons. The molecule has 0 spiro atoms. The Morgan fingerprint density at radius 1 is 1.58 bits per heavy atom. The fraction of sp³-hybridized carbons (Fsp3) is 0.571. The molecule has 0 radical (unpaired) electrons. The fourth-order valence-corrected chi connectivity index (χ4v) is 2.50. The van der Waals surface area contributed by atoms with E-state index < -0.39 is 11.4 Å². The smallest absolute Gasteiger partial charge is 0.310 e. The van der Waals surface area contributed by atoms with Crippen LogP contribution in [0.5, 0.6) is 5.75 Å². The molecule has 1 aliphatic rings. The Kier molecular flexibility index (Phi) is 3.75. The van der Waals surface area contributed by atoms with Gasteiger partial charge in [-0.1, -0.05) is 0 Å². The SMILES string of the molecule is COc1cc(C)nc(CN2CCC(C)(C(=O)O)C2)c1. The maximum atomic E-state index is 11.2. The van der Waals surface area contributed by atoms with E-state index in [2.05, 4.69) is 9.88 Å². The summed E-state index contributed by atoms with van der Waals surface area (Å²) in [4.78, 5) is 17.8. The largest absolute Gasteiger partial charge is 0.497 e. The van der Waals surface area contributed by atoms with Gasteiger partial charge in [0.2, 0.25) is 0 Å². The van der Waals surface area contributed by atoms with Crippen LogP contribution in [0.1, 0.15) is 24.7 Å². The maximum Gasteiger partial charge on any atom is 0.310 e. The zero-order valence-electron chi connectivity index (χ0n) is 11.6. The fourth-order valence-electron chi connectivity index (χ4n) is 2.50. The standard InChI is InChI=1S/C14H20N2O3/c1-10-6-12(19-3)7-11(15-10)8-16-5-4-14(2,9-16)13(17)18/h6-7H,4-5,8-9H2,1-3H3,(H,17,18). The molecular formula is C14H20N2O3. The van der Waals surface area contributed by atoms with Crippen LogP contribution in [0.4, 0.5) is 0 Å². The molecule has 1 aromatic heterocycles. The van der Waals surface area contributed by atoms with Crippen molar-refractivity contribution in [1.82, 2.24) is 9.88 Å². The minimum Gasteiger partial charge on any atom is -0.497 e. The van der Waals surface area contributed by atoms with Gasteiger partial charge >= 0.3 is 5.97 Å². The third-order valence-corrected chi connectivity index (χ3v) is 3.67. The Morgan fingerprint density at radius 2 is 2.32 bits per heavy atom. The number of hydrogen-bond acceptors (Lipinski definition) is 4. The van der Waals surface area contributed by atoms with E-state index in [0.717, 1.165) is 23.7 Å². The minimum atomic E-state index is -0.718. The number of carbonyl (C=O) groups is 1. The molecule has 2 heterocycles. The van der Waals surface area contributed by atoms with Crippen molar-refractivity contribution < 1.29 is 14.6 Å². The summed E-state index contributed by atoms with van der Waals surface area (Å²) in [5.41, 5.74) is 1.20. The van der Waals surface area contributed by atoms with Crippen molar-refractivity contribution in [2.24, 2.45) is 5.41 Å². The number of rotatable bonds is 4. The van der Waals surface area contributed by atoms with Gasteiger partial charge in [-0.15, -0.1) is 0 Å². The van der Waals surface area contributed by atoms with E-state index in [1.54, 1.807) is 14.0 Å². The molecule has 0 amide bonds. The lowest BCUT2D eigenvalue weighted by Gasteiger charge is -2.20. The number of carboxylic acids is 1. The van der Waals surface area contributed by atoms with E-state index in [-0.39, 0.29) is 0 Å². The summed E-state index contributed by atoms with van der Waals surface area (Å²) in [7, 11) is 1.63. The van der Waals surface area contributed by atoms with Gasteiger partial charge < -0.3 is 9.84 Å². The van der Waals surface area contributed by atoms with Crippen molar-refractivity contribution in [2.75, 3.05) is 20.2 Å². The van der Waals surface area contributed by atoms with Crippen molar-refractivity contribution in [3.63, 3.8) is 0 Å². The van der Waals surface area contributed by atoms with Crippen molar-refractivity contribution in [1.29, 1.82) is 0 Å². The van der Waals surface area contributed by atoms with E-state index in [1.807, 2.05) is 19.1 Å². The lowest BCUT2D eigenvalue weighted by molar-refractivity contribution is -0.147. The average molecular weight is 264 g/mol. The van der Waals surface area contributed by atoms with E-state index in [0.29, 0.717) is 19.5 Å². The quantitative estimate of drug-likeness (QED) is 0.896. The predicted octanol–water partition coefficient (Wildman–Crippen LogP) is 1.70. The highest BCUT2D eigenvalue weighted by Crippen LogP contribution is 2.31. The number of aliphatic carboxylic acids is 1. The molecule has 1 saturated heterocycles. The first-order valence-corrected chi connectivity index (χ1v) is 6.40. The summed E-state index contributed by atoms with van der Waals surface area (Å²) >= 11 is 0.